The predicted molar refractivity (Wildman–Crippen MR) is 173 cm³/mol. The molecule has 212 valence electrons. The molecule has 0 spiro atoms. The van der Waals surface area contributed by atoms with Crippen LogP contribution in [0.1, 0.15) is 118 Å². The molecule has 1 aromatic carbocycles. The summed E-state index contributed by atoms with van der Waals surface area (Å²) >= 11 is 0. The van der Waals surface area contributed by atoms with Crippen molar-refractivity contribution in [1.82, 2.24) is 15.0 Å². The van der Waals surface area contributed by atoms with Crippen molar-refractivity contribution in [2.45, 2.75) is 96.3 Å². The molecule has 41 heavy (non-hydrogen) atoms. The topological polar surface area (TPSA) is 47.4 Å². The van der Waals surface area contributed by atoms with Gasteiger partial charge in [-0.25, -0.2) is 0 Å². The second-order valence-electron chi connectivity index (χ2n) is 14.5. The normalized spacial score (nSPS) is 19.7. The highest BCUT2D eigenvalue weighted by Gasteiger charge is 2.43. The lowest BCUT2D eigenvalue weighted by Crippen LogP contribution is -2.25. The first-order valence-electron chi connectivity index (χ1n) is 15.3. The first-order chi connectivity index (χ1) is 19.3. The van der Waals surface area contributed by atoms with Gasteiger partial charge in [-0.3, -0.25) is 0 Å². The summed E-state index contributed by atoms with van der Waals surface area (Å²) < 4.78 is 0. The molecule has 0 atom stereocenters. The van der Waals surface area contributed by atoms with E-state index in [9.17, 15) is 0 Å². The molecule has 0 saturated carbocycles. The Morgan fingerprint density at radius 3 is 1.17 bits per heavy atom. The van der Waals surface area contributed by atoms with Gasteiger partial charge in [0.25, 0.3) is 0 Å². The van der Waals surface area contributed by atoms with Gasteiger partial charge >= 0.3 is 0 Å². The minimum Gasteiger partial charge on any atom is -0.361 e. The summed E-state index contributed by atoms with van der Waals surface area (Å²) in [7, 11) is -0.672. The van der Waals surface area contributed by atoms with Crippen LogP contribution in [0.5, 0.6) is 0 Å². The van der Waals surface area contributed by atoms with Crippen LogP contribution in [0.4, 0.5) is 0 Å². The minimum absolute atomic E-state index is 0.126. The fourth-order valence-electron chi connectivity index (χ4n) is 7.71. The van der Waals surface area contributed by atoms with Crippen molar-refractivity contribution >= 4 is 7.53 Å². The minimum atomic E-state index is -0.672. The van der Waals surface area contributed by atoms with Crippen molar-refractivity contribution in [2.24, 2.45) is 0 Å². The number of aromatic amines is 3. The largest absolute Gasteiger partial charge is 0.361 e. The van der Waals surface area contributed by atoms with Gasteiger partial charge in [-0.2, -0.15) is 0 Å². The molecule has 5 heterocycles. The van der Waals surface area contributed by atoms with Crippen LogP contribution < -0.4 is 0 Å². The van der Waals surface area contributed by atoms with Crippen molar-refractivity contribution in [2.75, 3.05) is 0 Å². The number of aromatic nitrogens is 3. The third-order valence-corrected chi connectivity index (χ3v) is 13.9. The molecule has 0 amide bonds. The maximum absolute atomic E-state index is 3.98. The van der Waals surface area contributed by atoms with Gasteiger partial charge in [0.2, 0.25) is 0 Å². The average Bonchev–Trinajstić information content (AvgIpc) is 3.75. The fraction of sp³-hybridized carbons (Fsp3) is 0.405. The van der Waals surface area contributed by atoms with Crippen molar-refractivity contribution in [3.63, 3.8) is 0 Å². The van der Waals surface area contributed by atoms with E-state index in [1.165, 1.54) is 58.7 Å². The fourth-order valence-corrected chi connectivity index (χ4v) is 11.3. The average molecular weight is 562 g/mol. The third kappa shape index (κ3) is 3.71. The van der Waals surface area contributed by atoms with Gasteiger partial charge < -0.3 is 15.0 Å². The van der Waals surface area contributed by atoms with E-state index < -0.39 is 7.53 Å². The molecule has 3 nitrogen and oxygen atoms in total. The highest BCUT2D eigenvalue weighted by atomic mass is 31.1. The Bertz CT molecular complexity index is 1660. The van der Waals surface area contributed by atoms with Gasteiger partial charge in [-0.05, 0) is 138 Å². The van der Waals surface area contributed by atoms with Crippen LogP contribution in [-0.4, -0.2) is 15.0 Å². The van der Waals surface area contributed by atoms with Gasteiger partial charge in [0, 0.05) is 55.8 Å². The predicted octanol–water partition coefficient (Wildman–Crippen LogP) is 9.75. The van der Waals surface area contributed by atoms with E-state index in [0.717, 1.165) is 0 Å². The summed E-state index contributed by atoms with van der Waals surface area (Å²) in [6, 6.07) is 25.3. The van der Waals surface area contributed by atoms with Gasteiger partial charge in [-0.15, -0.1) is 0 Å². The maximum atomic E-state index is 3.98. The van der Waals surface area contributed by atoms with Gasteiger partial charge in [0.15, 0.2) is 0 Å². The molecule has 5 aromatic rings. The lowest BCUT2D eigenvalue weighted by molar-refractivity contribution is 0.560. The quantitative estimate of drug-likeness (QED) is 0.182. The third-order valence-electron chi connectivity index (χ3n) is 10.5. The number of H-pyrrole nitrogens is 3. The number of nitrogens with one attached hydrogen (secondary N) is 3. The Kier molecular flexibility index (Phi) is 5.66. The summed E-state index contributed by atoms with van der Waals surface area (Å²) in [5.74, 6) is 0. The molecule has 4 heteroatoms. The Morgan fingerprint density at radius 1 is 0.463 bits per heavy atom. The molecule has 1 aliphatic heterocycles. The summed E-state index contributed by atoms with van der Waals surface area (Å²) in [4.78, 5) is 11.8. The molecule has 3 N–H and O–H groups in total. The summed E-state index contributed by atoms with van der Waals surface area (Å²) in [5, 5.41) is 4.78. The second-order valence-corrected chi connectivity index (χ2v) is 16.6. The molecular formula is C37H44N3P. The number of hydrogen-bond donors (Lipinski definition) is 3. The van der Waals surface area contributed by atoms with E-state index in [-0.39, 0.29) is 21.7 Å². The first kappa shape index (κ1) is 26.7. The van der Waals surface area contributed by atoms with Crippen LogP contribution in [0.2, 0.25) is 0 Å². The van der Waals surface area contributed by atoms with Crippen LogP contribution in [0, 0.1) is 0 Å². The Labute approximate surface area is 246 Å². The van der Waals surface area contributed by atoms with E-state index in [1.54, 1.807) is 21.7 Å². The Balaban J connectivity index is 1.59. The number of hydrogen-bond acceptors (Lipinski definition) is 0. The standard InChI is InChI=1S/C37H44N3P/c1-34(2)26-17-18-27(38-26)35(3,4)29-20-22-31(40-29)37(7,8)33-25-16-12-15-24(25)32(41(33)23-13-10-9-11-14-23)36(5,6)30-21-19-28(34)39-30/h9-11,13-14,17-22,38-40H,12,15-16H2,1-8H3. The molecule has 8 bridgehead atoms. The zero-order chi connectivity index (χ0) is 28.9. The number of rotatable bonds is 1. The maximum Gasteiger partial charge on any atom is 0.0447 e. The van der Waals surface area contributed by atoms with E-state index in [0.29, 0.717) is 0 Å². The lowest BCUT2D eigenvalue weighted by Gasteiger charge is -2.32. The molecule has 7 rings (SSSR count). The Hall–Kier alpha value is -3.16. The van der Waals surface area contributed by atoms with E-state index >= 15 is 0 Å². The van der Waals surface area contributed by atoms with Crippen molar-refractivity contribution in [1.29, 1.82) is 0 Å². The zero-order valence-corrected chi connectivity index (χ0v) is 26.8. The molecule has 0 fully saturated rings. The SMILES string of the molecule is CC1(C)c2ccc([nH]2)C(C)(C)c2ccc([nH]2)C(C)(C)c2c3c(c(p2-c2ccccc2)C(C)(C)c2ccc1[nH]2)CCC3. The van der Waals surface area contributed by atoms with E-state index in [4.69, 9.17) is 0 Å². The summed E-state index contributed by atoms with van der Waals surface area (Å²) in [5.41, 5.74) is 10.3. The van der Waals surface area contributed by atoms with Gasteiger partial charge in [-0.1, -0.05) is 37.9 Å². The molecule has 0 unspecified atom stereocenters. The van der Waals surface area contributed by atoms with Crippen molar-refractivity contribution in [3.05, 3.63) is 123 Å². The monoisotopic (exact) mass is 561 g/mol. The van der Waals surface area contributed by atoms with Gasteiger partial charge in [0.1, 0.15) is 0 Å². The zero-order valence-electron chi connectivity index (χ0n) is 25.9. The van der Waals surface area contributed by atoms with Crippen LogP contribution in [0.15, 0.2) is 66.7 Å². The van der Waals surface area contributed by atoms with Crippen LogP contribution in [0.3, 0.4) is 0 Å². The van der Waals surface area contributed by atoms with E-state index in [2.05, 4.69) is 137 Å². The molecular weight excluding hydrogens is 517 g/mol. The summed E-state index contributed by atoms with van der Waals surface area (Å²) in [6.07, 6.45) is 3.63. The van der Waals surface area contributed by atoms with Crippen molar-refractivity contribution in [3.8, 4) is 5.30 Å². The summed E-state index contributed by atoms with van der Waals surface area (Å²) in [6.45, 7) is 19.2. The molecule has 2 aliphatic rings. The van der Waals surface area contributed by atoms with Crippen molar-refractivity contribution < 1.29 is 0 Å². The van der Waals surface area contributed by atoms with Crippen LogP contribution >= 0.6 is 7.53 Å². The van der Waals surface area contributed by atoms with E-state index in [1.807, 2.05) is 0 Å². The highest BCUT2D eigenvalue weighted by molar-refractivity contribution is 7.59. The first-order valence-corrected chi connectivity index (χ1v) is 16.6. The molecule has 1 aliphatic carbocycles. The van der Waals surface area contributed by atoms with Gasteiger partial charge in [0.05, 0.1) is 0 Å². The molecule has 0 saturated heterocycles. The van der Waals surface area contributed by atoms with Crippen LogP contribution in [-0.2, 0) is 34.5 Å². The smallest absolute Gasteiger partial charge is 0.0447 e. The number of fused-ring (bicyclic) bond motifs is 11. The molecule has 4 aromatic heterocycles. The van der Waals surface area contributed by atoms with Crippen LogP contribution in [0.25, 0.3) is 5.30 Å². The Morgan fingerprint density at radius 2 is 0.805 bits per heavy atom. The lowest BCUT2D eigenvalue weighted by atomic mass is 9.82. The highest BCUT2D eigenvalue weighted by Crippen LogP contribution is 2.63. The second kappa shape index (κ2) is 8.68. The number of benzene rings is 1. The molecule has 0 radical (unpaired) electrons.